The molecule has 0 saturated carbocycles. The van der Waals surface area contributed by atoms with Gasteiger partial charge in [-0.15, -0.1) is 0 Å². The molecular formula is C24H28N2O2. The minimum atomic E-state index is -0.0231. The third kappa shape index (κ3) is 4.69. The number of hydrogen-bond donors (Lipinski definition) is 1. The minimum absolute atomic E-state index is 0.0231. The van der Waals surface area contributed by atoms with Crippen molar-refractivity contribution in [3.63, 3.8) is 0 Å². The lowest BCUT2D eigenvalue weighted by molar-refractivity contribution is -0.116. The second kappa shape index (κ2) is 8.87. The fourth-order valence-corrected chi connectivity index (χ4v) is 3.22. The number of rotatable bonds is 7. The zero-order valence-electron chi connectivity index (χ0n) is 17.1. The van der Waals surface area contributed by atoms with Gasteiger partial charge in [-0.2, -0.15) is 0 Å². The van der Waals surface area contributed by atoms with E-state index in [1.807, 2.05) is 25.1 Å². The van der Waals surface area contributed by atoms with Crippen LogP contribution in [0.5, 0.6) is 0 Å². The number of carbonyl (C=O) groups is 1. The summed E-state index contributed by atoms with van der Waals surface area (Å²) < 4.78 is 5.85. The standard InChI is InChI=1S/C24H28N2O2/c1-5-18-8-6-7-17(4)24(18)26-22(27)13-14-23-25-15-21(28-23)20-11-9-19(10-12-20)16(2)3/h6-12,15-16H,5,13-14H2,1-4H3,(H,26,27). The zero-order valence-corrected chi connectivity index (χ0v) is 17.1. The molecule has 0 unspecified atom stereocenters. The Balaban J connectivity index is 1.61. The smallest absolute Gasteiger partial charge is 0.224 e. The first kappa shape index (κ1) is 19.9. The van der Waals surface area contributed by atoms with Crippen LogP contribution in [0.4, 0.5) is 5.69 Å². The maximum atomic E-state index is 12.4. The number of nitrogens with one attached hydrogen (secondary N) is 1. The average Bonchev–Trinajstić information content (AvgIpc) is 3.17. The molecule has 0 aliphatic carbocycles. The number of nitrogens with zero attached hydrogens (tertiary/aromatic N) is 1. The summed E-state index contributed by atoms with van der Waals surface area (Å²) in [7, 11) is 0. The Morgan fingerprint density at radius 3 is 2.57 bits per heavy atom. The molecule has 2 aromatic carbocycles. The van der Waals surface area contributed by atoms with Gasteiger partial charge in [0.15, 0.2) is 11.7 Å². The van der Waals surface area contributed by atoms with Gasteiger partial charge in [0.25, 0.3) is 0 Å². The van der Waals surface area contributed by atoms with Crippen molar-refractivity contribution in [3.05, 3.63) is 71.2 Å². The molecule has 4 heteroatoms. The van der Waals surface area contributed by atoms with E-state index in [1.54, 1.807) is 6.20 Å². The van der Waals surface area contributed by atoms with Crippen molar-refractivity contribution in [2.24, 2.45) is 0 Å². The van der Waals surface area contributed by atoms with Crippen molar-refractivity contribution in [1.82, 2.24) is 4.98 Å². The number of hydrogen-bond acceptors (Lipinski definition) is 3. The third-order valence-electron chi connectivity index (χ3n) is 4.99. The highest BCUT2D eigenvalue weighted by Gasteiger charge is 2.12. The summed E-state index contributed by atoms with van der Waals surface area (Å²) in [5.41, 5.74) is 5.45. The number of anilines is 1. The highest BCUT2D eigenvalue weighted by Crippen LogP contribution is 2.24. The molecule has 1 heterocycles. The average molecular weight is 377 g/mol. The van der Waals surface area contributed by atoms with Crippen LogP contribution in [0.15, 0.2) is 53.1 Å². The van der Waals surface area contributed by atoms with Crippen molar-refractivity contribution in [1.29, 1.82) is 0 Å². The second-order valence-electron chi connectivity index (χ2n) is 7.41. The van der Waals surface area contributed by atoms with Crippen LogP contribution in [-0.4, -0.2) is 10.9 Å². The number of carbonyl (C=O) groups excluding carboxylic acids is 1. The summed E-state index contributed by atoms with van der Waals surface area (Å²) in [6.45, 7) is 8.45. The van der Waals surface area contributed by atoms with Crippen LogP contribution in [0.2, 0.25) is 0 Å². The van der Waals surface area contributed by atoms with Gasteiger partial charge >= 0.3 is 0 Å². The molecule has 1 aromatic heterocycles. The number of aromatic nitrogens is 1. The zero-order chi connectivity index (χ0) is 20.1. The Bertz CT molecular complexity index is 939. The van der Waals surface area contributed by atoms with Crippen molar-refractivity contribution >= 4 is 11.6 Å². The number of oxazole rings is 1. The summed E-state index contributed by atoms with van der Waals surface area (Å²) >= 11 is 0. The predicted molar refractivity (Wildman–Crippen MR) is 114 cm³/mol. The Morgan fingerprint density at radius 1 is 1.14 bits per heavy atom. The van der Waals surface area contributed by atoms with E-state index in [0.717, 1.165) is 34.6 Å². The molecule has 4 nitrogen and oxygen atoms in total. The first-order chi connectivity index (χ1) is 13.5. The molecule has 0 spiro atoms. The van der Waals surface area contributed by atoms with Crippen LogP contribution in [-0.2, 0) is 17.6 Å². The fraction of sp³-hybridized carbons (Fsp3) is 0.333. The lowest BCUT2D eigenvalue weighted by Gasteiger charge is -2.12. The number of aryl methyl sites for hydroxylation is 3. The molecule has 3 aromatic rings. The van der Waals surface area contributed by atoms with E-state index in [4.69, 9.17) is 4.42 Å². The van der Waals surface area contributed by atoms with E-state index in [-0.39, 0.29) is 5.91 Å². The van der Waals surface area contributed by atoms with Gasteiger partial charge in [-0.3, -0.25) is 4.79 Å². The predicted octanol–water partition coefficient (Wildman–Crippen LogP) is 5.91. The number of para-hydroxylation sites is 1. The Labute approximate surface area is 167 Å². The van der Waals surface area contributed by atoms with Crippen LogP contribution in [0.3, 0.4) is 0 Å². The SMILES string of the molecule is CCc1cccc(C)c1NC(=O)CCc1ncc(-c2ccc(C(C)C)cc2)o1. The number of benzene rings is 2. The lowest BCUT2D eigenvalue weighted by atomic mass is 10.0. The first-order valence-corrected chi connectivity index (χ1v) is 9.91. The van der Waals surface area contributed by atoms with Gasteiger partial charge < -0.3 is 9.73 Å². The molecule has 0 bridgehead atoms. The van der Waals surface area contributed by atoms with Gasteiger partial charge in [0.05, 0.1) is 6.20 Å². The highest BCUT2D eigenvalue weighted by atomic mass is 16.4. The molecule has 1 N–H and O–H groups in total. The highest BCUT2D eigenvalue weighted by molar-refractivity contribution is 5.92. The quantitative estimate of drug-likeness (QED) is 0.558. The van der Waals surface area contributed by atoms with Gasteiger partial charge in [0, 0.05) is 24.1 Å². The van der Waals surface area contributed by atoms with Crippen molar-refractivity contribution in [2.45, 2.75) is 52.9 Å². The molecule has 0 atom stereocenters. The van der Waals surface area contributed by atoms with Gasteiger partial charge in [-0.25, -0.2) is 4.98 Å². The molecule has 0 aliphatic heterocycles. The maximum absolute atomic E-state index is 12.4. The van der Waals surface area contributed by atoms with Crippen LogP contribution in [0.25, 0.3) is 11.3 Å². The molecule has 1 amide bonds. The fourth-order valence-electron chi connectivity index (χ4n) is 3.22. The van der Waals surface area contributed by atoms with Crippen LogP contribution in [0, 0.1) is 6.92 Å². The molecule has 0 aliphatic rings. The minimum Gasteiger partial charge on any atom is -0.441 e. The first-order valence-electron chi connectivity index (χ1n) is 9.91. The van der Waals surface area contributed by atoms with Crippen molar-refractivity contribution < 1.29 is 9.21 Å². The normalized spacial score (nSPS) is 11.0. The van der Waals surface area contributed by atoms with Gasteiger partial charge in [-0.05, 0) is 36.0 Å². The molecule has 0 saturated heterocycles. The Hall–Kier alpha value is -2.88. The van der Waals surface area contributed by atoms with Crippen LogP contribution >= 0.6 is 0 Å². The van der Waals surface area contributed by atoms with Crippen LogP contribution < -0.4 is 5.32 Å². The molecule has 146 valence electrons. The van der Waals surface area contributed by atoms with Gasteiger partial charge in [0.2, 0.25) is 5.91 Å². The van der Waals surface area contributed by atoms with E-state index in [1.165, 1.54) is 5.56 Å². The summed E-state index contributed by atoms with van der Waals surface area (Å²) in [4.78, 5) is 16.7. The lowest BCUT2D eigenvalue weighted by Crippen LogP contribution is -2.14. The van der Waals surface area contributed by atoms with E-state index in [9.17, 15) is 4.79 Å². The van der Waals surface area contributed by atoms with E-state index < -0.39 is 0 Å². The second-order valence-corrected chi connectivity index (χ2v) is 7.41. The number of amides is 1. The summed E-state index contributed by atoms with van der Waals surface area (Å²) in [5, 5.41) is 3.05. The molecular weight excluding hydrogens is 348 g/mol. The van der Waals surface area contributed by atoms with E-state index in [2.05, 4.69) is 55.3 Å². The molecule has 28 heavy (non-hydrogen) atoms. The van der Waals surface area contributed by atoms with Crippen molar-refractivity contribution in [3.8, 4) is 11.3 Å². The maximum Gasteiger partial charge on any atom is 0.224 e. The van der Waals surface area contributed by atoms with Gasteiger partial charge in [-0.1, -0.05) is 63.2 Å². The Morgan fingerprint density at radius 2 is 1.89 bits per heavy atom. The van der Waals surface area contributed by atoms with E-state index in [0.29, 0.717) is 24.7 Å². The topological polar surface area (TPSA) is 55.1 Å². The molecule has 0 fully saturated rings. The van der Waals surface area contributed by atoms with E-state index >= 15 is 0 Å². The largest absolute Gasteiger partial charge is 0.441 e. The van der Waals surface area contributed by atoms with Crippen LogP contribution in [0.1, 0.15) is 55.7 Å². The summed E-state index contributed by atoms with van der Waals surface area (Å²) in [5.74, 6) is 1.79. The Kier molecular flexibility index (Phi) is 6.30. The summed E-state index contributed by atoms with van der Waals surface area (Å²) in [6.07, 6.45) is 3.43. The third-order valence-corrected chi connectivity index (χ3v) is 4.99. The van der Waals surface area contributed by atoms with Crippen molar-refractivity contribution in [2.75, 3.05) is 5.32 Å². The monoisotopic (exact) mass is 376 g/mol. The summed E-state index contributed by atoms with van der Waals surface area (Å²) in [6, 6.07) is 14.4. The molecule has 3 rings (SSSR count). The molecule has 0 radical (unpaired) electrons. The van der Waals surface area contributed by atoms with Gasteiger partial charge in [0.1, 0.15) is 0 Å².